The average molecular weight is 454 g/mol. The maximum absolute atomic E-state index is 10.1. The highest BCUT2D eigenvalue weighted by atomic mass is 16.3. The number of rotatable bonds is 19. The third-order valence-electron chi connectivity index (χ3n) is 6.34. The number of aromatic nitrogens is 2. The number of phenols is 1. The van der Waals surface area contributed by atoms with Gasteiger partial charge in [0.05, 0.1) is 5.56 Å². The van der Waals surface area contributed by atoms with Crippen molar-refractivity contribution in [1.82, 2.24) is 9.97 Å². The Bertz CT molecular complexity index is 762. The number of benzene rings is 1. The predicted octanol–water partition coefficient (Wildman–Crippen LogP) is 8.83. The van der Waals surface area contributed by atoms with Crippen LogP contribution in [0, 0.1) is 6.92 Å². The third kappa shape index (κ3) is 12.1. The number of phenolic OH excluding ortho intramolecular Hbond substituents is 1. The first-order chi connectivity index (χ1) is 16.2. The molecular weight excluding hydrogens is 406 g/mol. The number of hydrogen-bond donors (Lipinski definition) is 2. The van der Waals surface area contributed by atoms with Crippen LogP contribution in [0.25, 0.3) is 11.4 Å². The molecule has 4 heteroatoms. The lowest BCUT2D eigenvalue weighted by molar-refractivity contribution is 0.477. The molecular formula is C29H47N3O. The fourth-order valence-electron chi connectivity index (χ4n) is 4.33. The first-order valence-corrected chi connectivity index (χ1v) is 13.6. The smallest absolute Gasteiger partial charge is 0.165 e. The van der Waals surface area contributed by atoms with Gasteiger partial charge in [-0.05, 0) is 25.5 Å². The lowest BCUT2D eigenvalue weighted by Crippen LogP contribution is -2.05. The Kier molecular flexibility index (Phi) is 14.3. The van der Waals surface area contributed by atoms with E-state index in [-0.39, 0.29) is 5.75 Å². The van der Waals surface area contributed by atoms with Crippen molar-refractivity contribution >= 4 is 5.82 Å². The maximum atomic E-state index is 10.1. The molecule has 1 heterocycles. The van der Waals surface area contributed by atoms with Crippen LogP contribution in [0.3, 0.4) is 0 Å². The van der Waals surface area contributed by atoms with Crippen LogP contribution < -0.4 is 5.32 Å². The summed E-state index contributed by atoms with van der Waals surface area (Å²) in [5.41, 5.74) is 1.57. The van der Waals surface area contributed by atoms with Gasteiger partial charge in [0.15, 0.2) is 5.82 Å². The van der Waals surface area contributed by atoms with Crippen molar-refractivity contribution in [1.29, 1.82) is 0 Å². The van der Waals surface area contributed by atoms with Crippen LogP contribution in [0.1, 0.15) is 115 Å². The highest BCUT2D eigenvalue weighted by Crippen LogP contribution is 2.26. The van der Waals surface area contributed by atoms with Crippen molar-refractivity contribution < 1.29 is 5.11 Å². The van der Waals surface area contributed by atoms with Crippen molar-refractivity contribution in [2.45, 2.75) is 117 Å². The SMILES string of the molecule is CCCCCCCCCCCCCCCCCCNc1cc(C)nc(-c2ccccc2O)n1. The summed E-state index contributed by atoms with van der Waals surface area (Å²) >= 11 is 0. The molecule has 0 radical (unpaired) electrons. The Balaban J connectivity index is 1.46. The molecule has 2 rings (SSSR count). The van der Waals surface area contributed by atoms with Gasteiger partial charge < -0.3 is 10.4 Å². The number of unbranched alkanes of at least 4 members (excludes halogenated alkanes) is 15. The second-order valence-corrected chi connectivity index (χ2v) is 9.47. The molecule has 0 aliphatic carbocycles. The van der Waals surface area contributed by atoms with Crippen LogP contribution in [-0.2, 0) is 0 Å². The van der Waals surface area contributed by atoms with Crippen molar-refractivity contribution in [3.05, 3.63) is 36.0 Å². The van der Waals surface area contributed by atoms with Crippen molar-refractivity contribution in [3.63, 3.8) is 0 Å². The van der Waals surface area contributed by atoms with Gasteiger partial charge in [0.2, 0.25) is 0 Å². The molecule has 0 fully saturated rings. The van der Waals surface area contributed by atoms with E-state index in [4.69, 9.17) is 0 Å². The Morgan fingerprint density at radius 3 is 1.76 bits per heavy atom. The number of anilines is 1. The lowest BCUT2D eigenvalue weighted by atomic mass is 10.0. The summed E-state index contributed by atoms with van der Waals surface area (Å²) in [4.78, 5) is 9.07. The van der Waals surface area contributed by atoms with E-state index >= 15 is 0 Å². The van der Waals surface area contributed by atoms with E-state index in [1.54, 1.807) is 6.07 Å². The zero-order chi connectivity index (χ0) is 23.6. The third-order valence-corrected chi connectivity index (χ3v) is 6.34. The second kappa shape index (κ2) is 17.4. The lowest BCUT2D eigenvalue weighted by Gasteiger charge is -2.09. The molecule has 0 aliphatic rings. The summed E-state index contributed by atoms with van der Waals surface area (Å²) < 4.78 is 0. The van der Waals surface area contributed by atoms with Crippen molar-refractivity contribution in [2.24, 2.45) is 0 Å². The van der Waals surface area contributed by atoms with Gasteiger partial charge in [0.1, 0.15) is 11.6 Å². The van der Waals surface area contributed by atoms with Gasteiger partial charge in [0.25, 0.3) is 0 Å². The van der Waals surface area contributed by atoms with Gasteiger partial charge in [-0.3, -0.25) is 0 Å². The Hall–Kier alpha value is -2.10. The zero-order valence-electron chi connectivity index (χ0n) is 21.2. The quantitative estimate of drug-likeness (QED) is 0.209. The normalized spacial score (nSPS) is 11.1. The van der Waals surface area contributed by atoms with Crippen molar-refractivity contribution in [2.75, 3.05) is 11.9 Å². The first kappa shape index (κ1) is 27.1. The van der Waals surface area contributed by atoms with Crippen LogP contribution in [0.5, 0.6) is 5.75 Å². The molecule has 0 bridgehead atoms. The minimum atomic E-state index is 0.215. The number of aromatic hydroxyl groups is 1. The van der Waals surface area contributed by atoms with Crippen LogP contribution >= 0.6 is 0 Å². The van der Waals surface area contributed by atoms with E-state index in [9.17, 15) is 5.11 Å². The molecule has 0 unspecified atom stereocenters. The summed E-state index contributed by atoms with van der Waals surface area (Å²) in [5, 5.41) is 13.5. The molecule has 0 saturated carbocycles. The molecule has 0 amide bonds. The van der Waals surface area contributed by atoms with E-state index in [0.717, 1.165) is 24.5 Å². The number of para-hydroxylation sites is 1. The number of hydrogen-bond acceptors (Lipinski definition) is 4. The van der Waals surface area contributed by atoms with Gasteiger partial charge in [-0.25, -0.2) is 9.97 Å². The highest BCUT2D eigenvalue weighted by Gasteiger charge is 2.08. The monoisotopic (exact) mass is 453 g/mol. The van der Waals surface area contributed by atoms with E-state index in [0.29, 0.717) is 11.4 Å². The standard InChI is InChI=1S/C29H47N3O/c1-3-4-5-6-7-8-9-10-11-12-13-14-15-16-17-20-23-30-28-24-25(2)31-29(32-28)26-21-18-19-22-27(26)33/h18-19,21-22,24,33H,3-17,20,23H2,1-2H3,(H,30,31,32). The summed E-state index contributed by atoms with van der Waals surface area (Å²) in [6, 6.07) is 9.19. The van der Waals surface area contributed by atoms with E-state index in [1.807, 2.05) is 31.2 Å². The molecule has 1 aromatic carbocycles. The van der Waals surface area contributed by atoms with Gasteiger partial charge in [-0.1, -0.05) is 115 Å². The molecule has 0 aliphatic heterocycles. The van der Waals surface area contributed by atoms with Crippen LogP contribution in [-0.4, -0.2) is 21.6 Å². The molecule has 33 heavy (non-hydrogen) atoms. The maximum Gasteiger partial charge on any atom is 0.165 e. The predicted molar refractivity (Wildman–Crippen MR) is 142 cm³/mol. The molecule has 0 atom stereocenters. The molecule has 0 spiro atoms. The number of nitrogens with one attached hydrogen (secondary N) is 1. The Morgan fingerprint density at radius 2 is 1.21 bits per heavy atom. The number of aryl methyl sites for hydroxylation is 1. The molecule has 2 N–H and O–H groups in total. The summed E-state index contributed by atoms with van der Waals surface area (Å²) in [6.07, 6.45) is 22.2. The van der Waals surface area contributed by atoms with Gasteiger partial charge in [-0.2, -0.15) is 0 Å². The summed E-state index contributed by atoms with van der Waals surface area (Å²) in [7, 11) is 0. The second-order valence-electron chi connectivity index (χ2n) is 9.47. The first-order valence-electron chi connectivity index (χ1n) is 13.6. The fraction of sp³-hybridized carbons (Fsp3) is 0.655. The van der Waals surface area contributed by atoms with E-state index < -0.39 is 0 Å². The minimum absolute atomic E-state index is 0.215. The van der Waals surface area contributed by atoms with Gasteiger partial charge >= 0.3 is 0 Å². The Morgan fingerprint density at radius 1 is 0.697 bits per heavy atom. The van der Waals surface area contributed by atoms with Crippen LogP contribution in [0.2, 0.25) is 0 Å². The fourth-order valence-corrected chi connectivity index (χ4v) is 4.33. The van der Waals surface area contributed by atoms with Crippen molar-refractivity contribution in [3.8, 4) is 17.1 Å². The van der Waals surface area contributed by atoms with Gasteiger partial charge in [0, 0.05) is 18.3 Å². The molecule has 184 valence electrons. The average Bonchev–Trinajstić information content (AvgIpc) is 2.81. The number of nitrogens with zero attached hydrogens (tertiary/aromatic N) is 2. The van der Waals surface area contributed by atoms with E-state index in [1.165, 1.54) is 96.3 Å². The molecule has 1 aromatic heterocycles. The summed E-state index contributed by atoms with van der Waals surface area (Å²) in [5.74, 6) is 1.62. The van der Waals surface area contributed by atoms with Crippen LogP contribution in [0.15, 0.2) is 30.3 Å². The molecule has 4 nitrogen and oxygen atoms in total. The zero-order valence-corrected chi connectivity index (χ0v) is 21.2. The molecule has 2 aromatic rings. The minimum Gasteiger partial charge on any atom is -0.507 e. The van der Waals surface area contributed by atoms with E-state index in [2.05, 4.69) is 22.2 Å². The Labute approximate surface area is 202 Å². The highest BCUT2D eigenvalue weighted by molar-refractivity contribution is 5.64. The summed E-state index contributed by atoms with van der Waals surface area (Å²) in [6.45, 7) is 5.18. The largest absolute Gasteiger partial charge is 0.507 e. The van der Waals surface area contributed by atoms with Gasteiger partial charge in [-0.15, -0.1) is 0 Å². The topological polar surface area (TPSA) is 58.0 Å². The van der Waals surface area contributed by atoms with Crippen LogP contribution in [0.4, 0.5) is 5.82 Å². The molecule has 0 saturated heterocycles.